The van der Waals surface area contributed by atoms with Crippen LogP contribution in [0, 0.1) is 5.92 Å². The van der Waals surface area contributed by atoms with E-state index in [1.54, 1.807) is 30.0 Å². The standard InChI is InChI=1S/C16H24N4O3/c1-10(2)16(3,22)9-17-14(21)18-11-6-7-12-13(8-11)23-15(19-12)20(4)5/h6-8,10,22H,9H2,1-5H3,(H2,17,18,21). The van der Waals surface area contributed by atoms with Gasteiger partial charge in [0.1, 0.15) is 5.52 Å². The van der Waals surface area contributed by atoms with Gasteiger partial charge in [-0.3, -0.25) is 0 Å². The van der Waals surface area contributed by atoms with Crippen molar-refractivity contribution in [1.29, 1.82) is 0 Å². The molecule has 0 bridgehead atoms. The minimum atomic E-state index is -0.952. The number of aliphatic hydroxyl groups is 1. The Morgan fingerprint density at radius 2 is 2.13 bits per heavy atom. The van der Waals surface area contributed by atoms with Gasteiger partial charge in [-0.15, -0.1) is 0 Å². The highest BCUT2D eigenvalue weighted by Gasteiger charge is 2.25. The number of oxazole rings is 1. The average molecular weight is 320 g/mol. The molecule has 0 radical (unpaired) electrons. The van der Waals surface area contributed by atoms with E-state index in [1.807, 2.05) is 27.9 Å². The maximum absolute atomic E-state index is 11.9. The predicted molar refractivity (Wildman–Crippen MR) is 90.8 cm³/mol. The molecule has 0 saturated carbocycles. The first-order valence-corrected chi connectivity index (χ1v) is 7.54. The summed E-state index contributed by atoms with van der Waals surface area (Å²) < 4.78 is 5.60. The third-order valence-corrected chi connectivity index (χ3v) is 3.87. The largest absolute Gasteiger partial charge is 0.423 e. The van der Waals surface area contributed by atoms with Crippen LogP contribution in [0.25, 0.3) is 11.1 Å². The van der Waals surface area contributed by atoms with Gasteiger partial charge in [0.05, 0.1) is 5.60 Å². The summed E-state index contributed by atoms with van der Waals surface area (Å²) in [7, 11) is 3.69. The zero-order chi connectivity index (χ0) is 17.2. The van der Waals surface area contributed by atoms with E-state index in [0.717, 1.165) is 5.52 Å². The van der Waals surface area contributed by atoms with E-state index in [1.165, 1.54) is 0 Å². The molecule has 1 heterocycles. The molecule has 1 unspecified atom stereocenters. The first-order valence-electron chi connectivity index (χ1n) is 7.54. The van der Waals surface area contributed by atoms with E-state index in [0.29, 0.717) is 17.3 Å². The lowest BCUT2D eigenvalue weighted by molar-refractivity contribution is 0.0170. The van der Waals surface area contributed by atoms with E-state index in [2.05, 4.69) is 15.6 Å². The molecular formula is C16H24N4O3. The SMILES string of the molecule is CC(C)C(C)(O)CNC(=O)Nc1ccc2nc(N(C)C)oc2c1. The Kier molecular flexibility index (Phi) is 4.79. The minimum absolute atomic E-state index is 0.0396. The van der Waals surface area contributed by atoms with Crippen molar-refractivity contribution in [1.82, 2.24) is 10.3 Å². The van der Waals surface area contributed by atoms with Crippen molar-refractivity contribution in [3.05, 3.63) is 18.2 Å². The van der Waals surface area contributed by atoms with Gasteiger partial charge in [-0.25, -0.2) is 4.79 Å². The van der Waals surface area contributed by atoms with Crippen LogP contribution in [0.3, 0.4) is 0 Å². The topological polar surface area (TPSA) is 90.6 Å². The molecule has 23 heavy (non-hydrogen) atoms. The number of nitrogens with one attached hydrogen (secondary N) is 2. The number of hydrogen-bond donors (Lipinski definition) is 3. The van der Waals surface area contributed by atoms with Crippen molar-refractivity contribution in [2.24, 2.45) is 5.92 Å². The summed E-state index contributed by atoms with van der Waals surface area (Å²) in [6.07, 6.45) is 0. The molecule has 1 aromatic heterocycles. The number of hydrogen-bond acceptors (Lipinski definition) is 5. The van der Waals surface area contributed by atoms with Crippen LogP contribution in [0.15, 0.2) is 22.6 Å². The average Bonchev–Trinajstić information content (AvgIpc) is 2.88. The monoisotopic (exact) mass is 320 g/mol. The summed E-state index contributed by atoms with van der Waals surface area (Å²) in [5.41, 5.74) is 0.969. The zero-order valence-electron chi connectivity index (χ0n) is 14.2. The van der Waals surface area contributed by atoms with Gasteiger partial charge in [-0.05, 0) is 25.0 Å². The number of fused-ring (bicyclic) bond motifs is 1. The van der Waals surface area contributed by atoms with Gasteiger partial charge in [0.25, 0.3) is 6.01 Å². The van der Waals surface area contributed by atoms with Crippen molar-refractivity contribution < 1.29 is 14.3 Å². The maximum atomic E-state index is 11.9. The molecule has 2 amide bonds. The Hall–Kier alpha value is -2.28. The van der Waals surface area contributed by atoms with Crippen LogP contribution in [-0.4, -0.2) is 42.4 Å². The lowest BCUT2D eigenvalue weighted by Gasteiger charge is -2.27. The van der Waals surface area contributed by atoms with Gasteiger partial charge in [0, 0.05) is 32.4 Å². The van der Waals surface area contributed by atoms with Crippen LogP contribution in [-0.2, 0) is 0 Å². The summed E-state index contributed by atoms with van der Waals surface area (Å²) >= 11 is 0. The van der Waals surface area contributed by atoms with Crippen LogP contribution in [0.1, 0.15) is 20.8 Å². The van der Waals surface area contributed by atoms with E-state index in [-0.39, 0.29) is 18.5 Å². The van der Waals surface area contributed by atoms with E-state index < -0.39 is 5.60 Å². The first kappa shape index (κ1) is 17.1. The number of carbonyl (C=O) groups excluding carboxylic acids is 1. The number of nitrogens with zero attached hydrogens (tertiary/aromatic N) is 2. The molecule has 3 N–H and O–H groups in total. The van der Waals surface area contributed by atoms with Crippen molar-refractivity contribution in [2.45, 2.75) is 26.4 Å². The Morgan fingerprint density at radius 3 is 2.74 bits per heavy atom. The highest BCUT2D eigenvalue weighted by Crippen LogP contribution is 2.23. The molecule has 0 aliphatic heterocycles. The Bertz CT molecular complexity index is 692. The Labute approximate surface area is 135 Å². The highest BCUT2D eigenvalue weighted by molar-refractivity contribution is 5.91. The molecule has 0 saturated heterocycles. The van der Waals surface area contributed by atoms with Crippen LogP contribution < -0.4 is 15.5 Å². The second-order valence-corrected chi connectivity index (χ2v) is 6.39. The number of anilines is 2. The molecule has 0 aliphatic carbocycles. The van der Waals surface area contributed by atoms with E-state index in [9.17, 15) is 9.90 Å². The molecule has 2 aromatic rings. The van der Waals surface area contributed by atoms with E-state index in [4.69, 9.17) is 4.42 Å². The molecular weight excluding hydrogens is 296 g/mol. The predicted octanol–water partition coefficient (Wildman–Crippen LogP) is 2.42. The fraction of sp³-hybridized carbons (Fsp3) is 0.500. The van der Waals surface area contributed by atoms with Crippen LogP contribution >= 0.6 is 0 Å². The number of benzene rings is 1. The first-order chi connectivity index (χ1) is 10.7. The van der Waals surface area contributed by atoms with Crippen molar-refractivity contribution in [3.63, 3.8) is 0 Å². The molecule has 0 fully saturated rings. The summed E-state index contributed by atoms with van der Waals surface area (Å²) in [4.78, 5) is 18.0. The molecule has 7 heteroatoms. The van der Waals surface area contributed by atoms with Crippen molar-refractivity contribution >= 4 is 28.8 Å². The normalized spacial score (nSPS) is 13.9. The number of aromatic nitrogens is 1. The van der Waals surface area contributed by atoms with Crippen LogP contribution in [0.5, 0.6) is 0 Å². The molecule has 7 nitrogen and oxygen atoms in total. The van der Waals surface area contributed by atoms with Gasteiger partial charge in [-0.2, -0.15) is 4.98 Å². The summed E-state index contributed by atoms with van der Waals surface area (Å²) in [6, 6.07) is 5.39. The van der Waals surface area contributed by atoms with Gasteiger partial charge < -0.3 is 25.1 Å². The quantitative estimate of drug-likeness (QED) is 0.787. The lowest BCUT2D eigenvalue weighted by atomic mass is 9.93. The molecule has 1 aromatic carbocycles. The fourth-order valence-corrected chi connectivity index (χ4v) is 1.82. The lowest BCUT2D eigenvalue weighted by Crippen LogP contribution is -2.45. The molecule has 126 valence electrons. The van der Waals surface area contributed by atoms with E-state index >= 15 is 0 Å². The highest BCUT2D eigenvalue weighted by atomic mass is 16.4. The molecule has 1 atom stereocenters. The van der Waals surface area contributed by atoms with Gasteiger partial charge in [0.15, 0.2) is 5.58 Å². The number of urea groups is 1. The zero-order valence-corrected chi connectivity index (χ0v) is 14.2. The summed E-state index contributed by atoms with van der Waals surface area (Å²) in [5.74, 6) is 0.0396. The Balaban J connectivity index is 2.02. The van der Waals surface area contributed by atoms with Crippen molar-refractivity contribution in [2.75, 3.05) is 30.9 Å². The second-order valence-electron chi connectivity index (χ2n) is 6.39. The third-order valence-electron chi connectivity index (χ3n) is 3.87. The van der Waals surface area contributed by atoms with Crippen LogP contribution in [0.4, 0.5) is 16.5 Å². The number of amides is 2. The summed E-state index contributed by atoms with van der Waals surface area (Å²) in [5, 5.41) is 15.5. The van der Waals surface area contributed by atoms with Crippen molar-refractivity contribution in [3.8, 4) is 0 Å². The third kappa shape index (κ3) is 4.13. The smallest absolute Gasteiger partial charge is 0.319 e. The van der Waals surface area contributed by atoms with Crippen LogP contribution in [0.2, 0.25) is 0 Å². The number of rotatable bonds is 5. The van der Waals surface area contributed by atoms with Gasteiger partial charge >= 0.3 is 6.03 Å². The fourth-order valence-electron chi connectivity index (χ4n) is 1.82. The Morgan fingerprint density at radius 1 is 1.43 bits per heavy atom. The number of carbonyl (C=O) groups is 1. The molecule has 0 spiro atoms. The second kappa shape index (κ2) is 6.45. The molecule has 0 aliphatic rings. The molecule has 2 rings (SSSR count). The maximum Gasteiger partial charge on any atom is 0.319 e. The summed E-state index contributed by atoms with van der Waals surface area (Å²) in [6.45, 7) is 5.67. The van der Waals surface area contributed by atoms with Gasteiger partial charge in [-0.1, -0.05) is 13.8 Å². The minimum Gasteiger partial charge on any atom is -0.423 e. The van der Waals surface area contributed by atoms with Gasteiger partial charge in [0.2, 0.25) is 0 Å².